The van der Waals surface area contributed by atoms with E-state index in [2.05, 4.69) is 41.4 Å². The third-order valence-corrected chi connectivity index (χ3v) is 7.94. The van der Waals surface area contributed by atoms with Gasteiger partial charge in [0.1, 0.15) is 0 Å². The normalized spacial score (nSPS) is 16.4. The van der Waals surface area contributed by atoms with E-state index in [0.29, 0.717) is 25.9 Å². The number of alkyl halides is 3. The summed E-state index contributed by atoms with van der Waals surface area (Å²) in [5.74, 6) is -3.90. The van der Waals surface area contributed by atoms with Gasteiger partial charge < -0.3 is 10.6 Å². The summed E-state index contributed by atoms with van der Waals surface area (Å²) in [6, 6.07) is 13.9. The number of sulfonamides is 1. The van der Waals surface area contributed by atoms with Gasteiger partial charge in [-0.25, -0.2) is 8.42 Å². The van der Waals surface area contributed by atoms with Gasteiger partial charge in [0, 0.05) is 25.2 Å². The maximum absolute atomic E-state index is 12.5. The standard InChI is InChI=1S/C25H31F3N4O5S/c1-17(20-9-5-7-18-6-3-4-8-21(18)20)31-12-10-19(11-13-31)32(38(2,36)37)16-24(35)30-15-23(34)29-14-22(33)25(26,27)28/h3-9,17,19H,10-16H2,1-2H3,(H,29,34)(H,30,35). The van der Waals surface area contributed by atoms with Crippen LogP contribution in [0.2, 0.25) is 0 Å². The Hall–Kier alpha value is -3.03. The van der Waals surface area contributed by atoms with E-state index in [-0.39, 0.29) is 6.04 Å². The molecular formula is C25H31F3N4O5S. The highest BCUT2D eigenvalue weighted by Gasteiger charge is 2.38. The molecule has 1 aliphatic heterocycles. The first-order chi connectivity index (χ1) is 17.8. The monoisotopic (exact) mass is 556 g/mol. The van der Waals surface area contributed by atoms with E-state index >= 15 is 0 Å². The average molecular weight is 557 g/mol. The molecule has 0 radical (unpaired) electrons. The van der Waals surface area contributed by atoms with Crippen molar-refractivity contribution in [3.8, 4) is 0 Å². The molecule has 0 aromatic heterocycles. The van der Waals surface area contributed by atoms with Gasteiger partial charge in [0.25, 0.3) is 5.78 Å². The number of hydrogen-bond acceptors (Lipinski definition) is 6. The van der Waals surface area contributed by atoms with Gasteiger partial charge in [-0.05, 0) is 36.1 Å². The number of hydrogen-bond donors (Lipinski definition) is 2. The van der Waals surface area contributed by atoms with Gasteiger partial charge >= 0.3 is 6.18 Å². The zero-order valence-electron chi connectivity index (χ0n) is 21.1. The number of amides is 2. The number of nitrogens with one attached hydrogen (secondary N) is 2. The van der Waals surface area contributed by atoms with E-state index in [4.69, 9.17) is 0 Å². The molecule has 38 heavy (non-hydrogen) atoms. The summed E-state index contributed by atoms with van der Waals surface area (Å²) in [6.45, 7) is 0.858. The van der Waals surface area contributed by atoms with E-state index < -0.39 is 59.5 Å². The Morgan fingerprint density at radius 3 is 2.24 bits per heavy atom. The van der Waals surface area contributed by atoms with Crippen molar-refractivity contribution in [3.63, 3.8) is 0 Å². The third kappa shape index (κ3) is 7.74. The minimum Gasteiger partial charge on any atom is -0.347 e. The van der Waals surface area contributed by atoms with Crippen LogP contribution in [-0.2, 0) is 24.4 Å². The molecule has 1 heterocycles. The zero-order chi connectivity index (χ0) is 28.1. The molecule has 1 fully saturated rings. The summed E-state index contributed by atoms with van der Waals surface area (Å²) in [4.78, 5) is 37.2. The Morgan fingerprint density at radius 2 is 1.61 bits per heavy atom. The Morgan fingerprint density at radius 1 is 1.00 bits per heavy atom. The van der Waals surface area contributed by atoms with Crippen LogP contribution in [0.3, 0.4) is 0 Å². The molecule has 2 N–H and O–H groups in total. The highest BCUT2D eigenvalue weighted by atomic mass is 32.2. The van der Waals surface area contributed by atoms with Gasteiger partial charge in [-0.15, -0.1) is 0 Å². The lowest BCUT2D eigenvalue weighted by Gasteiger charge is -2.39. The summed E-state index contributed by atoms with van der Waals surface area (Å²) < 4.78 is 62.7. The summed E-state index contributed by atoms with van der Waals surface area (Å²) in [5.41, 5.74) is 1.18. The summed E-state index contributed by atoms with van der Waals surface area (Å²) in [7, 11) is -3.77. The maximum atomic E-state index is 12.5. The van der Waals surface area contributed by atoms with Gasteiger partial charge in [-0.1, -0.05) is 42.5 Å². The number of halogens is 3. The number of rotatable bonds is 10. The van der Waals surface area contributed by atoms with Crippen LogP contribution in [0, 0.1) is 0 Å². The fourth-order valence-corrected chi connectivity index (χ4v) is 5.71. The SMILES string of the molecule is CC(c1cccc2ccccc12)N1CCC(N(CC(=O)NCC(=O)NCC(=O)C(F)(F)F)S(C)(=O)=O)CC1. The van der Waals surface area contributed by atoms with Crippen molar-refractivity contribution in [1.82, 2.24) is 19.8 Å². The van der Waals surface area contributed by atoms with Gasteiger partial charge in [0.05, 0.1) is 25.9 Å². The van der Waals surface area contributed by atoms with Crippen molar-refractivity contribution in [3.05, 3.63) is 48.0 Å². The van der Waals surface area contributed by atoms with E-state index in [9.17, 15) is 36.0 Å². The second-order valence-corrected chi connectivity index (χ2v) is 11.2. The molecule has 0 aliphatic carbocycles. The lowest BCUT2D eigenvalue weighted by Crippen LogP contribution is -2.51. The number of ketones is 1. The molecule has 0 saturated carbocycles. The molecule has 1 aliphatic rings. The molecule has 2 aromatic rings. The molecule has 13 heteroatoms. The Bertz CT molecular complexity index is 1270. The number of carbonyl (C=O) groups is 3. The summed E-state index contributed by atoms with van der Waals surface area (Å²) in [6.07, 6.45) is -3.08. The largest absolute Gasteiger partial charge is 0.451 e. The Kier molecular flexibility index (Phi) is 9.49. The molecule has 3 rings (SSSR count). The summed E-state index contributed by atoms with van der Waals surface area (Å²) >= 11 is 0. The topological polar surface area (TPSA) is 116 Å². The zero-order valence-corrected chi connectivity index (χ0v) is 21.9. The Labute approximate surface area is 219 Å². The molecule has 9 nitrogen and oxygen atoms in total. The highest BCUT2D eigenvalue weighted by molar-refractivity contribution is 7.88. The van der Waals surface area contributed by atoms with Crippen molar-refractivity contribution < 1.29 is 36.0 Å². The molecule has 0 bridgehead atoms. The summed E-state index contributed by atoms with van der Waals surface area (Å²) in [5, 5.41) is 6.26. The van der Waals surface area contributed by atoms with E-state index in [1.807, 2.05) is 18.2 Å². The minimum atomic E-state index is -5.07. The number of piperidine rings is 1. The number of benzene rings is 2. The van der Waals surface area contributed by atoms with Crippen LogP contribution < -0.4 is 10.6 Å². The second kappa shape index (κ2) is 12.2. The van der Waals surface area contributed by atoms with Crippen LogP contribution in [0.4, 0.5) is 13.2 Å². The molecule has 0 spiro atoms. The molecule has 1 saturated heterocycles. The predicted molar refractivity (Wildman–Crippen MR) is 136 cm³/mol. The molecular weight excluding hydrogens is 525 g/mol. The predicted octanol–water partition coefficient (Wildman–Crippen LogP) is 1.99. The fourth-order valence-electron chi connectivity index (χ4n) is 4.61. The highest BCUT2D eigenvalue weighted by Crippen LogP contribution is 2.31. The first-order valence-electron chi connectivity index (χ1n) is 12.1. The van der Waals surface area contributed by atoms with Gasteiger partial charge in [-0.2, -0.15) is 17.5 Å². The van der Waals surface area contributed by atoms with Crippen LogP contribution in [0.15, 0.2) is 42.5 Å². The van der Waals surface area contributed by atoms with Crippen molar-refractivity contribution in [2.75, 3.05) is 39.0 Å². The van der Waals surface area contributed by atoms with Crippen LogP contribution in [0.5, 0.6) is 0 Å². The molecule has 1 atom stereocenters. The van der Waals surface area contributed by atoms with Crippen molar-refractivity contribution in [2.45, 2.75) is 38.0 Å². The number of nitrogens with zero attached hydrogens (tertiary/aromatic N) is 2. The number of carbonyl (C=O) groups excluding carboxylic acids is 3. The van der Waals surface area contributed by atoms with E-state index in [1.54, 1.807) is 5.32 Å². The van der Waals surface area contributed by atoms with Crippen molar-refractivity contribution in [1.29, 1.82) is 0 Å². The van der Waals surface area contributed by atoms with Crippen LogP contribution in [0.25, 0.3) is 10.8 Å². The molecule has 208 valence electrons. The average Bonchev–Trinajstić information content (AvgIpc) is 2.87. The molecule has 2 aromatic carbocycles. The van der Waals surface area contributed by atoms with Crippen LogP contribution in [0.1, 0.15) is 31.4 Å². The minimum absolute atomic E-state index is 0.0970. The van der Waals surface area contributed by atoms with Crippen molar-refractivity contribution in [2.24, 2.45) is 0 Å². The molecule has 2 amide bonds. The number of fused-ring (bicyclic) bond motifs is 1. The van der Waals surface area contributed by atoms with Crippen molar-refractivity contribution >= 4 is 38.4 Å². The molecule has 1 unspecified atom stereocenters. The number of Topliss-reactive ketones (excluding diaryl/α,β-unsaturated/α-hetero) is 1. The quantitative estimate of drug-likeness (QED) is 0.463. The van der Waals surface area contributed by atoms with Crippen LogP contribution in [-0.4, -0.2) is 86.4 Å². The first kappa shape index (κ1) is 29.5. The fraction of sp³-hybridized carbons (Fsp3) is 0.480. The van der Waals surface area contributed by atoms with E-state index in [1.165, 1.54) is 5.56 Å². The second-order valence-electron chi connectivity index (χ2n) is 9.29. The number of likely N-dealkylation sites (tertiary alicyclic amines) is 1. The van der Waals surface area contributed by atoms with Gasteiger partial charge in [0.2, 0.25) is 21.8 Å². The lowest BCUT2D eigenvalue weighted by molar-refractivity contribution is -0.170. The van der Waals surface area contributed by atoms with Gasteiger partial charge in [0.15, 0.2) is 0 Å². The maximum Gasteiger partial charge on any atom is 0.451 e. The lowest BCUT2D eigenvalue weighted by atomic mass is 9.96. The van der Waals surface area contributed by atoms with E-state index in [0.717, 1.165) is 21.3 Å². The van der Waals surface area contributed by atoms with Gasteiger partial charge in [-0.3, -0.25) is 19.3 Å². The Balaban J connectivity index is 1.55. The third-order valence-electron chi connectivity index (χ3n) is 6.66. The smallest absolute Gasteiger partial charge is 0.347 e. The first-order valence-corrected chi connectivity index (χ1v) is 13.9. The van der Waals surface area contributed by atoms with Crippen LogP contribution >= 0.6 is 0 Å².